The van der Waals surface area contributed by atoms with Gasteiger partial charge in [-0.1, -0.05) is 23.7 Å². The van der Waals surface area contributed by atoms with Crippen molar-refractivity contribution in [1.29, 1.82) is 0 Å². The van der Waals surface area contributed by atoms with Gasteiger partial charge in [0.05, 0.1) is 11.4 Å². The summed E-state index contributed by atoms with van der Waals surface area (Å²) in [4.78, 5) is 3.57. The number of hydrogen-bond donors (Lipinski definition) is 0. The Labute approximate surface area is 123 Å². The number of methoxy groups -OCH3 is 1. The smallest absolute Gasteiger partial charge is 0.121 e. The third-order valence-corrected chi connectivity index (χ3v) is 4.18. The summed E-state index contributed by atoms with van der Waals surface area (Å²) in [5.74, 6) is 0.941. The SMILES string of the molecule is COc1ccc(CN(C)Cc2ccc(Cl)s2)cc1C. The highest BCUT2D eigenvalue weighted by Crippen LogP contribution is 2.23. The van der Waals surface area contributed by atoms with Gasteiger partial charge in [0.2, 0.25) is 0 Å². The van der Waals surface area contributed by atoms with Crippen LogP contribution >= 0.6 is 22.9 Å². The Bertz CT molecular complexity index is 553. The summed E-state index contributed by atoms with van der Waals surface area (Å²) in [7, 11) is 3.82. The van der Waals surface area contributed by atoms with Gasteiger partial charge in [0.15, 0.2) is 0 Å². The lowest BCUT2D eigenvalue weighted by Crippen LogP contribution is -2.16. The largest absolute Gasteiger partial charge is 0.496 e. The van der Waals surface area contributed by atoms with E-state index in [1.165, 1.54) is 16.0 Å². The zero-order valence-electron chi connectivity index (χ0n) is 11.4. The Morgan fingerprint density at radius 1 is 1.21 bits per heavy atom. The van der Waals surface area contributed by atoms with E-state index in [2.05, 4.69) is 37.1 Å². The molecule has 1 aromatic heterocycles. The van der Waals surface area contributed by atoms with E-state index in [-0.39, 0.29) is 0 Å². The van der Waals surface area contributed by atoms with E-state index < -0.39 is 0 Å². The van der Waals surface area contributed by atoms with Gasteiger partial charge >= 0.3 is 0 Å². The summed E-state index contributed by atoms with van der Waals surface area (Å²) < 4.78 is 6.13. The van der Waals surface area contributed by atoms with Gasteiger partial charge < -0.3 is 4.74 Å². The van der Waals surface area contributed by atoms with E-state index in [0.29, 0.717) is 0 Å². The molecule has 1 heterocycles. The van der Waals surface area contributed by atoms with Crippen molar-refractivity contribution in [2.24, 2.45) is 0 Å². The van der Waals surface area contributed by atoms with Crippen LogP contribution in [0.4, 0.5) is 0 Å². The first-order valence-corrected chi connectivity index (χ1v) is 7.34. The van der Waals surface area contributed by atoms with Crippen molar-refractivity contribution in [3.63, 3.8) is 0 Å². The number of ether oxygens (including phenoxy) is 1. The zero-order chi connectivity index (χ0) is 13.8. The van der Waals surface area contributed by atoms with Crippen LogP contribution in [0.3, 0.4) is 0 Å². The van der Waals surface area contributed by atoms with E-state index in [0.717, 1.165) is 23.2 Å². The second-order valence-corrected chi connectivity index (χ2v) is 6.48. The van der Waals surface area contributed by atoms with Gasteiger partial charge in [0.25, 0.3) is 0 Å². The van der Waals surface area contributed by atoms with Crippen LogP contribution in [0.25, 0.3) is 0 Å². The summed E-state index contributed by atoms with van der Waals surface area (Å²) in [5, 5.41) is 0. The van der Waals surface area contributed by atoms with Gasteiger partial charge in [0, 0.05) is 18.0 Å². The number of hydrogen-bond acceptors (Lipinski definition) is 3. The number of benzene rings is 1. The Kier molecular flexibility index (Phi) is 4.86. The van der Waals surface area contributed by atoms with Crippen molar-refractivity contribution in [3.8, 4) is 5.75 Å². The normalized spacial score (nSPS) is 11.0. The number of nitrogens with zero attached hydrogens (tertiary/aromatic N) is 1. The molecule has 0 aliphatic heterocycles. The zero-order valence-corrected chi connectivity index (χ0v) is 13.0. The molecule has 0 atom stereocenters. The summed E-state index contributed by atoms with van der Waals surface area (Å²) >= 11 is 7.58. The molecule has 0 fully saturated rings. The standard InChI is InChI=1S/C15H18ClNOS/c1-11-8-12(4-6-14(11)18-3)9-17(2)10-13-5-7-15(16)19-13/h4-8H,9-10H2,1-3H3. The van der Waals surface area contributed by atoms with Gasteiger partial charge in [-0.2, -0.15) is 0 Å². The van der Waals surface area contributed by atoms with Gasteiger partial charge in [0.1, 0.15) is 5.75 Å². The molecule has 0 N–H and O–H groups in total. The van der Waals surface area contributed by atoms with Crippen molar-refractivity contribution in [2.75, 3.05) is 14.2 Å². The first-order valence-electron chi connectivity index (χ1n) is 6.15. The lowest BCUT2D eigenvalue weighted by Gasteiger charge is -2.16. The van der Waals surface area contributed by atoms with Gasteiger partial charge in [-0.15, -0.1) is 11.3 Å². The average molecular weight is 296 g/mol. The van der Waals surface area contributed by atoms with Crippen LogP contribution < -0.4 is 4.74 Å². The number of thiophene rings is 1. The van der Waals surface area contributed by atoms with Crippen LogP contribution in [0.15, 0.2) is 30.3 Å². The van der Waals surface area contributed by atoms with Crippen molar-refractivity contribution in [1.82, 2.24) is 4.90 Å². The Morgan fingerprint density at radius 3 is 2.58 bits per heavy atom. The maximum Gasteiger partial charge on any atom is 0.121 e. The number of rotatable bonds is 5. The van der Waals surface area contributed by atoms with Crippen LogP contribution in [0.5, 0.6) is 5.75 Å². The molecule has 0 aliphatic rings. The van der Waals surface area contributed by atoms with Gasteiger partial charge in [-0.25, -0.2) is 0 Å². The second kappa shape index (κ2) is 6.42. The van der Waals surface area contributed by atoms with E-state index in [1.807, 2.05) is 12.1 Å². The third kappa shape index (κ3) is 3.96. The third-order valence-electron chi connectivity index (χ3n) is 2.97. The van der Waals surface area contributed by atoms with E-state index in [1.54, 1.807) is 18.4 Å². The Hall–Kier alpha value is -1.03. The fourth-order valence-corrected chi connectivity index (χ4v) is 3.28. The molecule has 19 heavy (non-hydrogen) atoms. The Balaban J connectivity index is 1.98. The number of aryl methyl sites for hydroxylation is 1. The van der Waals surface area contributed by atoms with Gasteiger partial charge in [-0.3, -0.25) is 4.90 Å². The fraction of sp³-hybridized carbons (Fsp3) is 0.333. The molecule has 2 aromatic rings. The molecule has 0 aliphatic carbocycles. The maximum absolute atomic E-state index is 5.94. The molecule has 0 saturated heterocycles. The number of halogens is 1. The lowest BCUT2D eigenvalue weighted by atomic mass is 10.1. The highest BCUT2D eigenvalue weighted by atomic mass is 35.5. The summed E-state index contributed by atoms with van der Waals surface area (Å²) in [5.41, 5.74) is 2.47. The first-order chi connectivity index (χ1) is 9.08. The van der Waals surface area contributed by atoms with Crippen molar-refractivity contribution in [2.45, 2.75) is 20.0 Å². The molecule has 1 aromatic carbocycles. The van der Waals surface area contributed by atoms with Crippen molar-refractivity contribution in [3.05, 3.63) is 50.7 Å². The van der Waals surface area contributed by atoms with Crippen LogP contribution in [0.2, 0.25) is 4.34 Å². The molecule has 2 rings (SSSR count). The molecule has 102 valence electrons. The van der Waals surface area contributed by atoms with Crippen molar-refractivity contribution < 1.29 is 4.74 Å². The lowest BCUT2D eigenvalue weighted by molar-refractivity contribution is 0.321. The average Bonchev–Trinajstić information content (AvgIpc) is 2.74. The quantitative estimate of drug-likeness (QED) is 0.813. The molecule has 0 unspecified atom stereocenters. The minimum Gasteiger partial charge on any atom is -0.496 e. The molecule has 2 nitrogen and oxygen atoms in total. The van der Waals surface area contributed by atoms with Crippen LogP contribution in [-0.4, -0.2) is 19.1 Å². The molecule has 0 spiro atoms. The highest BCUT2D eigenvalue weighted by molar-refractivity contribution is 7.16. The maximum atomic E-state index is 5.94. The van der Waals surface area contributed by atoms with Crippen LogP contribution in [0.1, 0.15) is 16.0 Å². The minimum absolute atomic E-state index is 0.851. The molecular weight excluding hydrogens is 278 g/mol. The summed E-state index contributed by atoms with van der Waals surface area (Å²) in [6, 6.07) is 10.4. The fourth-order valence-electron chi connectivity index (χ4n) is 2.11. The first kappa shape index (κ1) is 14.4. The van der Waals surface area contributed by atoms with Crippen LogP contribution in [0, 0.1) is 6.92 Å². The Morgan fingerprint density at radius 2 is 2.00 bits per heavy atom. The van der Waals surface area contributed by atoms with E-state index >= 15 is 0 Å². The summed E-state index contributed by atoms with van der Waals surface area (Å²) in [6.07, 6.45) is 0. The minimum atomic E-state index is 0.851. The summed E-state index contributed by atoms with van der Waals surface area (Å²) in [6.45, 7) is 3.91. The molecular formula is C15H18ClNOS. The topological polar surface area (TPSA) is 12.5 Å². The van der Waals surface area contributed by atoms with Gasteiger partial charge in [-0.05, 0) is 43.3 Å². The predicted octanol–water partition coefficient (Wildman–Crippen LogP) is 4.35. The highest BCUT2D eigenvalue weighted by Gasteiger charge is 2.06. The van der Waals surface area contributed by atoms with E-state index in [9.17, 15) is 0 Å². The molecule has 0 amide bonds. The molecule has 4 heteroatoms. The molecule has 0 saturated carbocycles. The molecule has 0 bridgehead atoms. The monoisotopic (exact) mass is 295 g/mol. The second-order valence-electron chi connectivity index (χ2n) is 4.68. The van der Waals surface area contributed by atoms with E-state index in [4.69, 9.17) is 16.3 Å². The molecule has 0 radical (unpaired) electrons. The van der Waals surface area contributed by atoms with Crippen LogP contribution in [-0.2, 0) is 13.1 Å². The predicted molar refractivity (Wildman–Crippen MR) is 82.2 cm³/mol. The van der Waals surface area contributed by atoms with Crippen molar-refractivity contribution >= 4 is 22.9 Å².